The number of hydrogen-bond donors (Lipinski definition) is 1. The third-order valence-electron chi connectivity index (χ3n) is 3.87. The van der Waals surface area contributed by atoms with Crippen molar-refractivity contribution in [3.63, 3.8) is 0 Å². The van der Waals surface area contributed by atoms with Gasteiger partial charge in [-0.1, -0.05) is 6.07 Å². The number of amides is 1. The maximum absolute atomic E-state index is 12.2. The summed E-state index contributed by atoms with van der Waals surface area (Å²) in [5, 5.41) is 2.67. The van der Waals surface area contributed by atoms with Gasteiger partial charge < -0.3 is 24.3 Å². The van der Waals surface area contributed by atoms with Gasteiger partial charge in [0.05, 0.1) is 0 Å². The third kappa shape index (κ3) is 4.91. The minimum absolute atomic E-state index is 0.154. The standard InChI is InChI=1S/C20H21NO6/c1-12-6-13(2)8-16(7-12)24-10-19(22)27-14(3)20(23)21-15-4-5-17-18(9-15)26-11-25-17/h4-9,14H,10-11H2,1-3H3,(H,21,23)/t14-/m0/s1. The minimum atomic E-state index is -0.967. The second kappa shape index (κ2) is 7.99. The molecule has 0 aromatic heterocycles. The zero-order valence-electron chi connectivity index (χ0n) is 15.4. The lowest BCUT2D eigenvalue weighted by atomic mass is 10.1. The molecule has 1 aliphatic rings. The third-order valence-corrected chi connectivity index (χ3v) is 3.87. The van der Waals surface area contributed by atoms with Crippen LogP contribution < -0.4 is 19.5 Å². The quantitative estimate of drug-likeness (QED) is 0.786. The number of carbonyl (C=O) groups excluding carboxylic acids is 2. The predicted octanol–water partition coefficient (Wildman–Crippen LogP) is 2.98. The Labute approximate surface area is 157 Å². The van der Waals surface area contributed by atoms with Crippen LogP contribution in [0.15, 0.2) is 36.4 Å². The summed E-state index contributed by atoms with van der Waals surface area (Å²) in [6.45, 7) is 5.27. The van der Waals surface area contributed by atoms with Crippen LogP contribution in [-0.2, 0) is 14.3 Å². The van der Waals surface area contributed by atoms with E-state index >= 15 is 0 Å². The van der Waals surface area contributed by atoms with Crippen LogP contribution in [0.3, 0.4) is 0 Å². The Hall–Kier alpha value is -3.22. The molecule has 1 amide bonds. The molecule has 0 fully saturated rings. The van der Waals surface area contributed by atoms with Gasteiger partial charge in [0.1, 0.15) is 5.75 Å². The molecule has 2 aromatic rings. The van der Waals surface area contributed by atoms with E-state index in [1.165, 1.54) is 6.92 Å². The van der Waals surface area contributed by atoms with Gasteiger partial charge in [0.25, 0.3) is 5.91 Å². The molecular formula is C20H21NO6. The van der Waals surface area contributed by atoms with Crippen LogP contribution >= 0.6 is 0 Å². The summed E-state index contributed by atoms with van der Waals surface area (Å²) in [7, 11) is 0. The molecule has 0 saturated heterocycles. The molecule has 1 heterocycles. The van der Waals surface area contributed by atoms with Crippen LogP contribution in [0.4, 0.5) is 5.69 Å². The summed E-state index contributed by atoms with van der Waals surface area (Å²) >= 11 is 0. The van der Waals surface area contributed by atoms with Crippen molar-refractivity contribution in [2.75, 3.05) is 18.7 Å². The molecule has 0 aliphatic carbocycles. The highest BCUT2D eigenvalue weighted by atomic mass is 16.7. The monoisotopic (exact) mass is 371 g/mol. The van der Waals surface area contributed by atoms with Gasteiger partial charge >= 0.3 is 5.97 Å². The fourth-order valence-electron chi connectivity index (χ4n) is 2.66. The molecular weight excluding hydrogens is 350 g/mol. The highest BCUT2D eigenvalue weighted by molar-refractivity contribution is 5.95. The van der Waals surface area contributed by atoms with Gasteiger partial charge in [0, 0.05) is 11.8 Å². The number of esters is 1. The van der Waals surface area contributed by atoms with Crippen molar-refractivity contribution in [1.29, 1.82) is 0 Å². The highest BCUT2D eigenvalue weighted by Crippen LogP contribution is 2.34. The first-order chi connectivity index (χ1) is 12.9. The molecule has 0 spiro atoms. The molecule has 2 aromatic carbocycles. The Morgan fingerprint density at radius 2 is 1.78 bits per heavy atom. The normalized spacial score (nSPS) is 13.0. The lowest BCUT2D eigenvalue weighted by Crippen LogP contribution is -2.31. The molecule has 27 heavy (non-hydrogen) atoms. The summed E-state index contributed by atoms with van der Waals surface area (Å²) in [5.41, 5.74) is 2.60. The number of nitrogens with one attached hydrogen (secondary N) is 1. The number of anilines is 1. The number of carbonyl (C=O) groups is 2. The Bertz CT molecular complexity index is 843. The second-order valence-corrected chi connectivity index (χ2v) is 6.30. The van der Waals surface area contributed by atoms with E-state index in [1.54, 1.807) is 18.2 Å². The van der Waals surface area contributed by atoms with Crippen LogP contribution in [0.25, 0.3) is 0 Å². The Morgan fingerprint density at radius 1 is 1.07 bits per heavy atom. The van der Waals surface area contributed by atoms with Crippen molar-refractivity contribution in [3.05, 3.63) is 47.5 Å². The van der Waals surface area contributed by atoms with Gasteiger partial charge in [0.2, 0.25) is 6.79 Å². The molecule has 1 N–H and O–H groups in total. The fraction of sp³-hybridized carbons (Fsp3) is 0.300. The van der Waals surface area contributed by atoms with E-state index in [-0.39, 0.29) is 13.4 Å². The van der Waals surface area contributed by atoms with E-state index in [2.05, 4.69) is 5.32 Å². The molecule has 142 valence electrons. The molecule has 0 bridgehead atoms. The summed E-state index contributed by atoms with van der Waals surface area (Å²) in [6, 6.07) is 10.7. The molecule has 7 heteroatoms. The van der Waals surface area contributed by atoms with E-state index in [9.17, 15) is 9.59 Å². The first-order valence-corrected chi connectivity index (χ1v) is 8.52. The summed E-state index contributed by atoms with van der Waals surface area (Å²) in [4.78, 5) is 24.2. The van der Waals surface area contributed by atoms with E-state index in [4.69, 9.17) is 18.9 Å². The SMILES string of the molecule is Cc1cc(C)cc(OCC(=O)O[C@@H](C)C(=O)Nc2ccc3c(c2)OCO3)c1. The Morgan fingerprint density at radius 3 is 2.52 bits per heavy atom. The van der Waals surface area contributed by atoms with E-state index in [0.717, 1.165) is 11.1 Å². The van der Waals surface area contributed by atoms with Crippen molar-refractivity contribution in [2.45, 2.75) is 26.9 Å². The highest BCUT2D eigenvalue weighted by Gasteiger charge is 2.20. The number of hydrogen-bond acceptors (Lipinski definition) is 6. The predicted molar refractivity (Wildman–Crippen MR) is 98.2 cm³/mol. The van der Waals surface area contributed by atoms with Crippen molar-refractivity contribution in [2.24, 2.45) is 0 Å². The molecule has 3 rings (SSSR count). The van der Waals surface area contributed by atoms with Crippen molar-refractivity contribution in [3.8, 4) is 17.2 Å². The zero-order valence-corrected chi connectivity index (χ0v) is 15.4. The Balaban J connectivity index is 1.49. The smallest absolute Gasteiger partial charge is 0.344 e. The zero-order chi connectivity index (χ0) is 19.4. The topological polar surface area (TPSA) is 83.1 Å². The maximum atomic E-state index is 12.2. The van der Waals surface area contributed by atoms with Gasteiger partial charge in [-0.25, -0.2) is 4.79 Å². The lowest BCUT2D eigenvalue weighted by molar-refractivity contribution is -0.155. The van der Waals surface area contributed by atoms with Crippen molar-refractivity contribution < 1.29 is 28.5 Å². The van der Waals surface area contributed by atoms with Crippen molar-refractivity contribution in [1.82, 2.24) is 0 Å². The van der Waals surface area contributed by atoms with Crippen LogP contribution in [-0.4, -0.2) is 31.4 Å². The molecule has 0 saturated carbocycles. The van der Waals surface area contributed by atoms with E-state index in [1.807, 2.05) is 32.0 Å². The van der Waals surface area contributed by atoms with Gasteiger partial charge in [0.15, 0.2) is 24.2 Å². The number of rotatable bonds is 6. The van der Waals surface area contributed by atoms with Crippen LogP contribution in [0.2, 0.25) is 0 Å². The number of fused-ring (bicyclic) bond motifs is 1. The van der Waals surface area contributed by atoms with Crippen LogP contribution in [0.5, 0.6) is 17.2 Å². The second-order valence-electron chi connectivity index (χ2n) is 6.30. The molecule has 1 aliphatic heterocycles. The van der Waals surface area contributed by atoms with E-state index < -0.39 is 18.0 Å². The maximum Gasteiger partial charge on any atom is 0.344 e. The molecule has 0 unspecified atom stereocenters. The van der Waals surface area contributed by atoms with Crippen LogP contribution in [0, 0.1) is 13.8 Å². The average Bonchev–Trinajstić information content (AvgIpc) is 3.07. The molecule has 0 radical (unpaired) electrons. The largest absolute Gasteiger partial charge is 0.482 e. The van der Waals surface area contributed by atoms with Gasteiger partial charge in [-0.3, -0.25) is 4.79 Å². The number of benzene rings is 2. The first kappa shape index (κ1) is 18.6. The summed E-state index contributed by atoms with van der Waals surface area (Å²) in [6.07, 6.45) is -0.967. The van der Waals surface area contributed by atoms with Gasteiger partial charge in [-0.05, 0) is 56.2 Å². The number of aryl methyl sites for hydroxylation is 2. The number of ether oxygens (including phenoxy) is 4. The van der Waals surface area contributed by atoms with Gasteiger partial charge in [-0.2, -0.15) is 0 Å². The van der Waals surface area contributed by atoms with Gasteiger partial charge in [-0.15, -0.1) is 0 Å². The van der Waals surface area contributed by atoms with Crippen LogP contribution in [0.1, 0.15) is 18.1 Å². The fourth-order valence-corrected chi connectivity index (χ4v) is 2.66. The Kier molecular flexibility index (Phi) is 5.49. The molecule has 7 nitrogen and oxygen atoms in total. The molecule has 1 atom stereocenters. The lowest BCUT2D eigenvalue weighted by Gasteiger charge is -2.14. The average molecular weight is 371 g/mol. The summed E-state index contributed by atoms with van der Waals surface area (Å²) in [5.74, 6) is 0.688. The first-order valence-electron chi connectivity index (χ1n) is 8.52. The van der Waals surface area contributed by atoms with Crippen molar-refractivity contribution >= 4 is 17.6 Å². The van der Waals surface area contributed by atoms with E-state index in [0.29, 0.717) is 22.9 Å². The summed E-state index contributed by atoms with van der Waals surface area (Å²) < 4.78 is 21.0. The minimum Gasteiger partial charge on any atom is -0.482 e.